The Morgan fingerprint density at radius 1 is 0.826 bits per heavy atom. The molecule has 1 nitrogen and oxygen atoms in total. The minimum Gasteiger partial charge on any atom is -0.315 e. The molecule has 2 aromatic carbocycles. The minimum absolute atomic E-state index is 0.0710. The molecular weight excluding hydrogens is 278 g/mol. The Balaban J connectivity index is 2.31. The van der Waals surface area contributed by atoms with Crippen LogP contribution < -0.4 is 5.32 Å². The summed E-state index contributed by atoms with van der Waals surface area (Å²) in [4.78, 5) is 0. The minimum atomic E-state index is -0.0710. The van der Waals surface area contributed by atoms with Gasteiger partial charge in [0.25, 0.3) is 0 Å². The summed E-state index contributed by atoms with van der Waals surface area (Å²) in [6.45, 7) is 9.72. The SMILES string of the molecule is C=CCCCNCC(CC=C)(c1ccccc1)c1ccccc1. The Morgan fingerprint density at radius 2 is 1.39 bits per heavy atom. The summed E-state index contributed by atoms with van der Waals surface area (Å²) in [5, 5.41) is 3.65. The maximum absolute atomic E-state index is 4.01. The van der Waals surface area contributed by atoms with E-state index in [9.17, 15) is 0 Å². The van der Waals surface area contributed by atoms with Crippen LogP contribution in [0.15, 0.2) is 86.0 Å². The molecule has 0 saturated carbocycles. The first-order valence-electron chi connectivity index (χ1n) is 8.37. The lowest BCUT2D eigenvalue weighted by Crippen LogP contribution is -2.39. The number of nitrogens with one attached hydrogen (secondary N) is 1. The predicted molar refractivity (Wildman–Crippen MR) is 101 cm³/mol. The fourth-order valence-corrected chi connectivity index (χ4v) is 3.11. The summed E-state index contributed by atoms with van der Waals surface area (Å²) >= 11 is 0. The van der Waals surface area contributed by atoms with Gasteiger partial charge in [0.15, 0.2) is 0 Å². The van der Waals surface area contributed by atoms with Gasteiger partial charge in [-0.3, -0.25) is 0 Å². The van der Waals surface area contributed by atoms with Crippen molar-refractivity contribution in [3.05, 3.63) is 97.1 Å². The third kappa shape index (κ3) is 4.43. The summed E-state index contributed by atoms with van der Waals surface area (Å²) in [6, 6.07) is 21.5. The van der Waals surface area contributed by atoms with Crippen LogP contribution in [0, 0.1) is 0 Å². The predicted octanol–water partition coefficient (Wildman–Crippen LogP) is 5.10. The number of hydrogen-bond donors (Lipinski definition) is 1. The number of hydrogen-bond acceptors (Lipinski definition) is 1. The Hall–Kier alpha value is -2.12. The lowest BCUT2D eigenvalue weighted by molar-refractivity contribution is 0.465. The number of allylic oxidation sites excluding steroid dienone is 2. The van der Waals surface area contributed by atoms with Crippen molar-refractivity contribution in [2.75, 3.05) is 13.1 Å². The normalized spacial score (nSPS) is 11.1. The summed E-state index contributed by atoms with van der Waals surface area (Å²) in [5.41, 5.74) is 2.60. The fourth-order valence-electron chi connectivity index (χ4n) is 3.11. The Labute approximate surface area is 140 Å². The monoisotopic (exact) mass is 305 g/mol. The molecule has 0 aliphatic heterocycles. The van der Waals surface area contributed by atoms with E-state index in [0.717, 1.165) is 32.4 Å². The van der Waals surface area contributed by atoms with E-state index in [4.69, 9.17) is 0 Å². The third-order valence-corrected chi connectivity index (χ3v) is 4.33. The molecule has 2 aromatic rings. The van der Waals surface area contributed by atoms with Crippen molar-refractivity contribution in [2.45, 2.75) is 24.7 Å². The second kappa shape index (κ2) is 9.12. The highest BCUT2D eigenvalue weighted by Crippen LogP contribution is 2.35. The van der Waals surface area contributed by atoms with E-state index in [2.05, 4.69) is 79.1 Å². The quantitative estimate of drug-likeness (QED) is 0.475. The van der Waals surface area contributed by atoms with Crippen LogP contribution >= 0.6 is 0 Å². The zero-order chi connectivity index (χ0) is 16.4. The van der Waals surface area contributed by atoms with Crippen LogP contribution in [0.4, 0.5) is 0 Å². The highest BCUT2D eigenvalue weighted by Gasteiger charge is 2.32. The molecule has 0 radical (unpaired) electrons. The highest BCUT2D eigenvalue weighted by atomic mass is 14.9. The molecule has 0 spiro atoms. The number of benzene rings is 2. The molecule has 0 aliphatic carbocycles. The second-order valence-corrected chi connectivity index (χ2v) is 5.91. The van der Waals surface area contributed by atoms with Gasteiger partial charge < -0.3 is 5.32 Å². The van der Waals surface area contributed by atoms with Crippen LogP contribution in [0.1, 0.15) is 30.4 Å². The second-order valence-electron chi connectivity index (χ2n) is 5.91. The molecule has 2 rings (SSSR count). The summed E-state index contributed by atoms with van der Waals surface area (Å²) < 4.78 is 0. The molecular formula is C22H27N. The molecule has 0 saturated heterocycles. The van der Waals surface area contributed by atoms with Gasteiger partial charge in [0, 0.05) is 12.0 Å². The first-order valence-corrected chi connectivity index (χ1v) is 8.37. The van der Waals surface area contributed by atoms with Crippen molar-refractivity contribution < 1.29 is 0 Å². The van der Waals surface area contributed by atoms with Crippen LogP contribution in [0.5, 0.6) is 0 Å². The summed E-state index contributed by atoms with van der Waals surface area (Å²) in [7, 11) is 0. The Morgan fingerprint density at radius 3 is 1.87 bits per heavy atom. The Kier molecular flexibility index (Phi) is 6.83. The van der Waals surface area contributed by atoms with Crippen LogP contribution in [-0.2, 0) is 5.41 Å². The van der Waals surface area contributed by atoms with Crippen molar-refractivity contribution in [2.24, 2.45) is 0 Å². The smallest absolute Gasteiger partial charge is 0.0361 e. The van der Waals surface area contributed by atoms with E-state index >= 15 is 0 Å². The van der Waals surface area contributed by atoms with E-state index in [-0.39, 0.29) is 5.41 Å². The topological polar surface area (TPSA) is 12.0 Å². The van der Waals surface area contributed by atoms with Gasteiger partial charge in [0.05, 0.1) is 0 Å². The van der Waals surface area contributed by atoms with Crippen molar-refractivity contribution in [1.82, 2.24) is 5.32 Å². The van der Waals surface area contributed by atoms with Gasteiger partial charge >= 0.3 is 0 Å². The van der Waals surface area contributed by atoms with Crippen molar-refractivity contribution in [1.29, 1.82) is 0 Å². The zero-order valence-electron chi connectivity index (χ0n) is 13.9. The van der Waals surface area contributed by atoms with Gasteiger partial charge in [-0.25, -0.2) is 0 Å². The largest absolute Gasteiger partial charge is 0.315 e. The molecule has 0 aromatic heterocycles. The maximum Gasteiger partial charge on any atom is 0.0361 e. The molecule has 120 valence electrons. The van der Waals surface area contributed by atoms with E-state index in [1.54, 1.807) is 0 Å². The Bertz CT molecular complexity index is 546. The zero-order valence-corrected chi connectivity index (χ0v) is 13.9. The molecule has 0 amide bonds. The van der Waals surface area contributed by atoms with Crippen molar-refractivity contribution >= 4 is 0 Å². The van der Waals surface area contributed by atoms with Crippen LogP contribution in [0.25, 0.3) is 0 Å². The van der Waals surface area contributed by atoms with E-state index in [1.807, 2.05) is 12.2 Å². The van der Waals surface area contributed by atoms with Gasteiger partial charge in [-0.15, -0.1) is 13.2 Å². The number of unbranched alkanes of at least 4 members (excludes halogenated alkanes) is 1. The van der Waals surface area contributed by atoms with Gasteiger partial charge in [-0.1, -0.05) is 72.8 Å². The lowest BCUT2D eigenvalue weighted by atomic mass is 9.72. The average molecular weight is 305 g/mol. The molecule has 0 atom stereocenters. The molecule has 0 fully saturated rings. The van der Waals surface area contributed by atoms with E-state index in [0.29, 0.717) is 0 Å². The summed E-state index contributed by atoms with van der Waals surface area (Å²) in [5.74, 6) is 0. The molecule has 0 heterocycles. The molecule has 0 aliphatic rings. The fraction of sp³-hybridized carbons (Fsp3) is 0.273. The standard InChI is InChI=1S/C22H27N/c1-3-5-12-18-23-19-22(17-4-2,20-13-8-6-9-14-20)21-15-10-7-11-16-21/h3-4,6-11,13-16,23H,1-2,5,12,17-19H2. The molecule has 0 unspecified atom stereocenters. The van der Waals surface area contributed by atoms with Crippen molar-refractivity contribution in [3.8, 4) is 0 Å². The van der Waals surface area contributed by atoms with Gasteiger partial charge in [-0.05, 0) is 36.9 Å². The first kappa shape index (κ1) is 17.2. The lowest BCUT2D eigenvalue weighted by Gasteiger charge is -2.35. The van der Waals surface area contributed by atoms with E-state index < -0.39 is 0 Å². The highest BCUT2D eigenvalue weighted by molar-refractivity contribution is 5.40. The summed E-state index contributed by atoms with van der Waals surface area (Å²) in [6.07, 6.45) is 7.10. The van der Waals surface area contributed by atoms with Gasteiger partial charge in [0.1, 0.15) is 0 Å². The van der Waals surface area contributed by atoms with Crippen LogP contribution in [0.3, 0.4) is 0 Å². The van der Waals surface area contributed by atoms with Crippen LogP contribution in [-0.4, -0.2) is 13.1 Å². The van der Waals surface area contributed by atoms with Gasteiger partial charge in [0.2, 0.25) is 0 Å². The molecule has 23 heavy (non-hydrogen) atoms. The van der Waals surface area contributed by atoms with E-state index in [1.165, 1.54) is 11.1 Å². The third-order valence-electron chi connectivity index (χ3n) is 4.33. The molecule has 1 heteroatoms. The number of rotatable bonds is 10. The average Bonchev–Trinajstić information content (AvgIpc) is 2.62. The van der Waals surface area contributed by atoms with Crippen LogP contribution in [0.2, 0.25) is 0 Å². The van der Waals surface area contributed by atoms with Crippen molar-refractivity contribution in [3.63, 3.8) is 0 Å². The first-order chi connectivity index (χ1) is 11.3. The molecule has 0 bridgehead atoms. The molecule has 1 N–H and O–H groups in total. The maximum atomic E-state index is 4.01. The van der Waals surface area contributed by atoms with Gasteiger partial charge in [-0.2, -0.15) is 0 Å².